The summed E-state index contributed by atoms with van der Waals surface area (Å²) in [6, 6.07) is 9.82. The first-order valence-corrected chi connectivity index (χ1v) is 9.95. The Morgan fingerprint density at radius 1 is 0.963 bits per heavy atom. The zero-order valence-corrected chi connectivity index (χ0v) is 15.6. The summed E-state index contributed by atoms with van der Waals surface area (Å²) < 4.78 is 1.96. The highest BCUT2D eigenvalue weighted by atomic mass is 16.2. The molecule has 0 spiro atoms. The number of carbonyl (C=O) groups is 2. The second-order valence-electron chi connectivity index (χ2n) is 7.36. The molecule has 2 aliphatic heterocycles. The van der Waals surface area contributed by atoms with Crippen LogP contribution in [0.2, 0.25) is 0 Å². The van der Waals surface area contributed by atoms with Gasteiger partial charge in [0.25, 0.3) is 11.8 Å². The maximum Gasteiger partial charge on any atom is 0.287 e. The van der Waals surface area contributed by atoms with E-state index < -0.39 is 0 Å². The topological polar surface area (TPSA) is 67.2 Å². The van der Waals surface area contributed by atoms with E-state index in [1.807, 2.05) is 39.8 Å². The minimum atomic E-state index is -0.209. The van der Waals surface area contributed by atoms with Gasteiger partial charge in [0.1, 0.15) is 5.69 Å². The summed E-state index contributed by atoms with van der Waals surface area (Å²) in [5.41, 5.74) is 2.46. The summed E-state index contributed by atoms with van der Waals surface area (Å²) in [5, 5.41) is 2.95. The molecule has 1 aromatic heterocycles. The Morgan fingerprint density at radius 2 is 1.70 bits per heavy atom. The number of rotatable bonds is 4. The first-order chi connectivity index (χ1) is 13.2. The van der Waals surface area contributed by atoms with Crippen molar-refractivity contribution in [3.63, 3.8) is 0 Å². The van der Waals surface area contributed by atoms with Crippen molar-refractivity contribution in [2.75, 3.05) is 13.1 Å². The molecule has 0 unspecified atom stereocenters. The summed E-state index contributed by atoms with van der Waals surface area (Å²) in [4.78, 5) is 32.2. The molecule has 27 heavy (non-hydrogen) atoms. The van der Waals surface area contributed by atoms with Crippen LogP contribution in [0.1, 0.15) is 64.5 Å². The molecule has 1 N–H and O–H groups in total. The van der Waals surface area contributed by atoms with Gasteiger partial charge in [-0.15, -0.1) is 0 Å². The van der Waals surface area contributed by atoms with Crippen LogP contribution in [0.25, 0.3) is 0 Å². The van der Waals surface area contributed by atoms with Crippen molar-refractivity contribution in [2.45, 2.75) is 51.6 Å². The molecule has 1 fully saturated rings. The molecule has 2 aliphatic rings. The highest BCUT2D eigenvalue weighted by molar-refractivity contribution is 5.97. The molecule has 0 atom stereocenters. The quantitative estimate of drug-likeness (QED) is 0.905. The lowest BCUT2D eigenvalue weighted by Gasteiger charge is -2.26. The van der Waals surface area contributed by atoms with E-state index in [0.717, 1.165) is 63.0 Å². The van der Waals surface area contributed by atoms with Crippen LogP contribution in [-0.2, 0) is 19.5 Å². The fourth-order valence-electron chi connectivity index (χ4n) is 3.99. The van der Waals surface area contributed by atoms with Crippen LogP contribution in [0, 0.1) is 0 Å². The Labute approximate surface area is 159 Å². The van der Waals surface area contributed by atoms with Crippen LogP contribution in [0.15, 0.2) is 30.3 Å². The Kier molecular flexibility index (Phi) is 5.23. The van der Waals surface area contributed by atoms with E-state index in [2.05, 4.69) is 10.3 Å². The lowest BCUT2D eigenvalue weighted by Crippen LogP contribution is -2.36. The van der Waals surface area contributed by atoms with Crippen molar-refractivity contribution in [1.29, 1.82) is 0 Å². The number of carbonyl (C=O) groups excluding carboxylic acids is 2. The number of hydrogen-bond donors (Lipinski definition) is 1. The summed E-state index contributed by atoms with van der Waals surface area (Å²) in [6.45, 7) is 2.79. The minimum Gasteiger partial charge on any atom is -0.345 e. The van der Waals surface area contributed by atoms with Crippen molar-refractivity contribution in [3.8, 4) is 0 Å². The van der Waals surface area contributed by atoms with Crippen molar-refractivity contribution in [1.82, 2.24) is 19.8 Å². The highest BCUT2D eigenvalue weighted by Crippen LogP contribution is 2.23. The van der Waals surface area contributed by atoms with Crippen LogP contribution >= 0.6 is 0 Å². The van der Waals surface area contributed by atoms with E-state index in [4.69, 9.17) is 0 Å². The SMILES string of the molecule is O=C(NCc1ccccc1)c1nc(C(=O)N2CCCCC2)c2n1CCCC2. The minimum absolute atomic E-state index is 0.0116. The molecular formula is C21H26N4O2. The molecule has 0 radical (unpaired) electrons. The zero-order valence-electron chi connectivity index (χ0n) is 15.6. The Balaban J connectivity index is 1.56. The van der Waals surface area contributed by atoms with Crippen LogP contribution in [0.4, 0.5) is 0 Å². The van der Waals surface area contributed by atoms with Crippen molar-refractivity contribution in [3.05, 3.63) is 53.1 Å². The average molecular weight is 366 g/mol. The number of fused-ring (bicyclic) bond motifs is 1. The first kappa shape index (κ1) is 17.8. The average Bonchev–Trinajstić information content (AvgIpc) is 3.13. The number of amides is 2. The first-order valence-electron chi connectivity index (χ1n) is 9.95. The van der Waals surface area contributed by atoms with Gasteiger partial charge in [-0.3, -0.25) is 9.59 Å². The highest BCUT2D eigenvalue weighted by Gasteiger charge is 2.30. The summed E-state index contributed by atoms with van der Waals surface area (Å²) >= 11 is 0. The second-order valence-corrected chi connectivity index (χ2v) is 7.36. The van der Waals surface area contributed by atoms with Gasteiger partial charge >= 0.3 is 0 Å². The third-order valence-electron chi connectivity index (χ3n) is 5.46. The van der Waals surface area contributed by atoms with Gasteiger partial charge in [0.2, 0.25) is 0 Å². The number of aromatic nitrogens is 2. The Bertz CT molecular complexity index is 822. The third-order valence-corrected chi connectivity index (χ3v) is 5.46. The molecule has 1 aromatic carbocycles. The Morgan fingerprint density at radius 3 is 2.48 bits per heavy atom. The van der Waals surface area contributed by atoms with Gasteiger partial charge in [-0.1, -0.05) is 30.3 Å². The molecule has 2 amide bonds. The van der Waals surface area contributed by atoms with Crippen LogP contribution in [0.5, 0.6) is 0 Å². The van der Waals surface area contributed by atoms with E-state index in [9.17, 15) is 9.59 Å². The molecular weight excluding hydrogens is 340 g/mol. The van der Waals surface area contributed by atoms with Gasteiger partial charge in [0.05, 0.1) is 5.69 Å². The van der Waals surface area contributed by atoms with Gasteiger partial charge < -0.3 is 14.8 Å². The monoisotopic (exact) mass is 366 g/mol. The molecule has 142 valence electrons. The second kappa shape index (κ2) is 7.94. The molecule has 0 aliphatic carbocycles. The van der Waals surface area contributed by atoms with E-state index in [-0.39, 0.29) is 11.8 Å². The van der Waals surface area contributed by atoms with Crippen LogP contribution < -0.4 is 5.32 Å². The molecule has 3 heterocycles. The lowest BCUT2D eigenvalue weighted by atomic mass is 10.1. The molecule has 6 heteroatoms. The normalized spacial score (nSPS) is 16.7. The zero-order chi connectivity index (χ0) is 18.6. The number of nitrogens with zero attached hydrogens (tertiary/aromatic N) is 3. The van der Waals surface area contributed by atoms with Crippen molar-refractivity contribution < 1.29 is 9.59 Å². The maximum absolute atomic E-state index is 13.0. The molecule has 0 bridgehead atoms. The number of nitrogens with one attached hydrogen (secondary N) is 1. The molecule has 0 saturated carbocycles. The fraction of sp³-hybridized carbons (Fsp3) is 0.476. The van der Waals surface area contributed by atoms with Gasteiger partial charge in [0, 0.05) is 26.2 Å². The van der Waals surface area contributed by atoms with Gasteiger partial charge in [-0.2, -0.15) is 0 Å². The third kappa shape index (κ3) is 3.75. The fourth-order valence-corrected chi connectivity index (χ4v) is 3.99. The predicted molar refractivity (Wildman–Crippen MR) is 103 cm³/mol. The number of likely N-dealkylation sites (tertiary alicyclic amines) is 1. The van der Waals surface area contributed by atoms with Crippen LogP contribution in [0.3, 0.4) is 0 Å². The van der Waals surface area contributed by atoms with E-state index in [1.165, 1.54) is 6.42 Å². The summed E-state index contributed by atoms with van der Waals surface area (Å²) in [5.74, 6) is 0.156. The molecule has 4 rings (SSSR count). The summed E-state index contributed by atoms with van der Waals surface area (Å²) in [7, 11) is 0. The van der Waals surface area contributed by atoms with Gasteiger partial charge in [-0.25, -0.2) is 4.98 Å². The molecule has 6 nitrogen and oxygen atoms in total. The predicted octanol–water partition coefficient (Wildman–Crippen LogP) is 2.78. The van der Waals surface area contributed by atoms with Crippen molar-refractivity contribution >= 4 is 11.8 Å². The number of piperidine rings is 1. The molecule has 2 aromatic rings. The maximum atomic E-state index is 13.0. The Hall–Kier alpha value is -2.63. The standard InChI is InChI=1S/C21H26N4O2/c26-20(22-15-16-9-3-1-4-10-16)19-23-18(17-11-5-8-14-25(17)19)21(27)24-12-6-2-7-13-24/h1,3-4,9-10H,2,5-8,11-15H2,(H,22,26). The summed E-state index contributed by atoms with van der Waals surface area (Å²) in [6.07, 6.45) is 6.14. The van der Waals surface area contributed by atoms with E-state index in [0.29, 0.717) is 18.1 Å². The smallest absolute Gasteiger partial charge is 0.287 e. The number of benzene rings is 1. The van der Waals surface area contributed by atoms with Crippen molar-refractivity contribution in [2.24, 2.45) is 0 Å². The molecule has 1 saturated heterocycles. The van der Waals surface area contributed by atoms with Gasteiger partial charge in [0.15, 0.2) is 5.82 Å². The van der Waals surface area contributed by atoms with E-state index in [1.54, 1.807) is 0 Å². The largest absolute Gasteiger partial charge is 0.345 e. The number of imidazole rings is 1. The van der Waals surface area contributed by atoms with E-state index >= 15 is 0 Å². The van der Waals surface area contributed by atoms with Gasteiger partial charge in [-0.05, 0) is 44.1 Å². The lowest BCUT2D eigenvalue weighted by molar-refractivity contribution is 0.0717. The number of hydrogen-bond acceptors (Lipinski definition) is 3. The van der Waals surface area contributed by atoms with Crippen LogP contribution in [-0.4, -0.2) is 39.4 Å².